The number of nitrogens with one attached hydrogen (secondary N) is 1. The minimum Gasteiger partial charge on any atom is -0.465 e. The van der Waals surface area contributed by atoms with Crippen LogP contribution in [0.1, 0.15) is 44.4 Å². The molecule has 2 heterocycles. The van der Waals surface area contributed by atoms with Crippen molar-refractivity contribution < 1.29 is 19.8 Å². The smallest absolute Gasteiger partial charge is 0.408 e. The molecule has 1 aromatic carbocycles. The van der Waals surface area contributed by atoms with Crippen LogP contribution in [0.25, 0.3) is 0 Å². The summed E-state index contributed by atoms with van der Waals surface area (Å²) in [5.41, 5.74) is 2.17. The summed E-state index contributed by atoms with van der Waals surface area (Å²) in [4.78, 5) is 28.9. The van der Waals surface area contributed by atoms with Crippen LogP contribution >= 0.6 is 0 Å². The highest BCUT2D eigenvalue weighted by Gasteiger charge is 2.65. The van der Waals surface area contributed by atoms with Gasteiger partial charge in [-0.15, -0.1) is 0 Å². The van der Waals surface area contributed by atoms with Gasteiger partial charge in [0.15, 0.2) is 0 Å². The summed E-state index contributed by atoms with van der Waals surface area (Å²) >= 11 is 0. The fraction of sp³-hybridized carbons (Fsp3) is 0.652. The monoisotopic (exact) mass is 413 g/mol. The number of aliphatic hydroxyl groups is 1. The van der Waals surface area contributed by atoms with Crippen molar-refractivity contribution >= 4 is 12.0 Å². The summed E-state index contributed by atoms with van der Waals surface area (Å²) in [5.74, 6) is 0.904. The van der Waals surface area contributed by atoms with E-state index >= 15 is 0 Å². The van der Waals surface area contributed by atoms with E-state index in [9.17, 15) is 19.8 Å². The Morgan fingerprint density at radius 2 is 1.90 bits per heavy atom. The van der Waals surface area contributed by atoms with E-state index in [0.717, 1.165) is 17.5 Å². The number of aliphatic hydroxyl groups excluding tert-OH is 1. The van der Waals surface area contributed by atoms with Crippen LogP contribution in [0, 0.1) is 17.3 Å². The van der Waals surface area contributed by atoms with E-state index in [1.165, 1.54) is 4.90 Å². The molecule has 3 N–H and O–H groups in total. The molecule has 2 amide bonds. The van der Waals surface area contributed by atoms with E-state index in [1.807, 2.05) is 24.3 Å². The van der Waals surface area contributed by atoms with E-state index in [-0.39, 0.29) is 17.4 Å². The van der Waals surface area contributed by atoms with Gasteiger partial charge in [0.2, 0.25) is 5.91 Å². The number of hydrogen-bond donors (Lipinski definition) is 3. The standard InChI is InChI=1S/C23H31N3O4/c1-23(2,3)18-15-9-13-10-26(22(29)30)16(11-25(13)20(15)18)21(28)24-19-14-7-5-4-6-12(14)8-17(19)27/h4-7,13,15-20,27H,8-11H2,1-3H3,(H,24,28)(H,29,30)/t13-,15-,16+,17+,18?,19+,20-/m1/s1. The molecule has 0 spiro atoms. The van der Waals surface area contributed by atoms with E-state index in [1.54, 1.807) is 0 Å². The van der Waals surface area contributed by atoms with E-state index in [2.05, 4.69) is 31.0 Å². The highest BCUT2D eigenvalue weighted by molar-refractivity contribution is 5.86. The Hall–Kier alpha value is -2.12. The summed E-state index contributed by atoms with van der Waals surface area (Å²) in [5, 5.41) is 23.3. The van der Waals surface area contributed by atoms with Crippen molar-refractivity contribution in [2.45, 2.75) is 63.9 Å². The zero-order chi connectivity index (χ0) is 21.4. The van der Waals surface area contributed by atoms with Crippen molar-refractivity contribution in [2.24, 2.45) is 17.3 Å². The third kappa shape index (κ3) is 3.02. The van der Waals surface area contributed by atoms with Crippen molar-refractivity contribution in [2.75, 3.05) is 13.1 Å². The van der Waals surface area contributed by atoms with Gasteiger partial charge in [-0.25, -0.2) is 4.79 Å². The van der Waals surface area contributed by atoms with Crippen molar-refractivity contribution in [3.63, 3.8) is 0 Å². The summed E-state index contributed by atoms with van der Waals surface area (Å²) < 4.78 is 0. The molecule has 1 unspecified atom stereocenters. The van der Waals surface area contributed by atoms with Crippen LogP contribution in [0.5, 0.6) is 0 Å². The van der Waals surface area contributed by atoms with Gasteiger partial charge < -0.3 is 15.5 Å². The summed E-state index contributed by atoms with van der Waals surface area (Å²) in [7, 11) is 0. The number of amides is 2. The van der Waals surface area contributed by atoms with Gasteiger partial charge in [0, 0.05) is 31.6 Å². The molecule has 0 aromatic heterocycles. The second-order valence-corrected chi connectivity index (χ2v) is 10.5. The maximum Gasteiger partial charge on any atom is 0.408 e. The molecular weight excluding hydrogens is 382 g/mol. The first kappa shape index (κ1) is 19.8. The number of carbonyl (C=O) groups is 2. The molecule has 1 aromatic rings. The zero-order valence-electron chi connectivity index (χ0n) is 17.8. The lowest BCUT2D eigenvalue weighted by atomic mass is 9.86. The predicted molar refractivity (Wildman–Crippen MR) is 111 cm³/mol. The van der Waals surface area contributed by atoms with Crippen molar-refractivity contribution in [3.8, 4) is 0 Å². The normalized spacial score (nSPS) is 37.3. The molecule has 0 bridgehead atoms. The van der Waals surface area contributed by atoms with Crippen LogP contribution in [-0.2, 0) is 11.2 Å². The fourth-order valence-corrected chi connectivity index (χ4v) is 6.48. The average Bonchev–Trinajstić information content (AvgIpc) is 3.17. The molecule has 0 radical (unpaired) electrons. The summed E-state index contributed by atoms with van der Waals surface area (Å²) in [6, 6.07) is 7.13. The third-order valence-electron chi connectivity index (χ3n) is 7.74. The molecule has 2 aliphatic carbocycles. The minimum atomic E-state index is -1.05. The van der Waals surface area contributed by atoms with Gasteiger partial charge in [-0.2, -0.15) is 0 Å². The quantitative estimate of drug-likeness (QED) is 0.688. The molecule has 7 nitrogen and oxygen atoms in total. The number of carboxylic acid groups (broad SMARTS) is 1. The Labute approximate surface area is 177 Å². The summed E-state index contributed by atoms with van der Waals surface area (Å²) in [6.07, 6.45) is -0.222. The van der Waals surface area contributed by atoms with Crippen LogP contribution in [0.15, 0.2) is 24.3 Å². The maximum atomic E-state index is 13.3. The van der Waals surface area contributed by atoms with Gasteiger partial charge in [0.05, 0.1) is 12.1 Å². The number of hydrogen-bond acceptors (Lipinski definition) is 4. The highest BCUT2D eigenvalue weighted by Crippen LogP contribution is 2.61. The molecule has 7 heteroatoms. The van der Waals surface area contributed by atoms with Crippen LogP contribution in [0.3, 0.4) is 0 Å². The lowest BCUT2D eigenvalue weighted by Gasteiger charge is -2.44. The number of piperidine rings is 1. The first-order valence-electron chi connectivity index (χ1n) is 11.0. The van der Waals surface area contributed by atoms with Gasteiger partial charge in [0.25, 0.3) is 0 Å². The van der Waals surface area contributed by atoms with Crippen LogP contribution in [0.4, 0.5) is 4.79 Å². The topological polar surface area (TPSA) is 93.1 Å². The largest absolute Gasteiger partial charge is 0.465 e. The molecule has 3 fully saturated rings. The SMILES string of the molecule is CC(C)(C)C1[C@H]2C[C@@H]3CN(C(=O)O)[C@H](C(=O)N[C@H]4c5ccccc5C[C@@H]4O)CN3[C@@H]12. The minimum absolute atomic E-state index is 0.205. The first-order valence-corrected chi connectivity index (χ1v) is 11.0. The average molecular weight is 414 g/mol. The Morgan fingerprint density at radius 3 is 2.60 bits per heavy atom. The third-order valence-corrected chi connectivity index (χ3v) is 7.74. The van der Waals surface area contributed by atoms with E-state index < -0.39 is 24.3 Å². The first-order chi connectivity index (χ1) is 14.2. The van der Waals surface area contributed by atoms with Gasteiger partial charge in [-0.1, -0.05) is 45.0 Å². The second-order valence-electron chi connectivity index (χ2n) is 10.5. The van der Waals surface area contributed by atoms with E-state index in [4.69, 9.17) is 0 Å². The Morgan fingerprint density at radius 1 is 1.17 bits per heavy atom. The molecule has 162 valence electrons. The van der Waals surface area contributed by atoms with Gasteiger partial charge in [-0.05, 0) is 34.8 Å². The molecule has 2 saturated heterocycles. The number of rotatable bonds is 2. The molecule has 2 aliphatic heterocycles. The predicted octanol–water partition coefficient (Wildman–Crippen LogP) is 1.86. The van der Waals surface area contributed by atoms with Crippen molar-refractivity contribution in [1.29, 1.82) is 0 Å². The Bertz CT molecular complexity index is 881. The van der Waals surface area contributed by atoms with Gasteiger partial charge in [0.1, 0.15) is 6.04 Å². The number of piperazine rings is 1. The maximum absolute atomic E-state index is 13.3. The van der Waals surface area contributed by atoms with Crippen LogP contribution in [-0.4, -0.2) is 69.3 Å². The lowest BCUT2D eigenvalue weighted by molar-refractivity contribution is -0.130. The molecule has 30 heavy (non-hydrogen) atoms. The Kier molecular flexibility index (Phi) is 4.42. The van der Waals surface area contributed by atoms with Crippen LogP contribution in [0.2, 0.25) is 0 Å². The van der Waals surface area contributed by atoms with Crippen molar-refractivity contribution in [1.82, 2.24) is 15.1 Å². The molecule has 1 saturated carbocycles. The second kappa shape index (κ2) is 6.69. The van der Waals surface area contributed by atoms with Crippen molar-refractivity contribution in [3.05, 3.63) is 35.4 Å². The highest BCUT2D eigenvalue weighted by atomic mass is 16.4. The number of carbonyl (C=O) groups excluding carboxylic acids is 1. The van der Waals surface area contributed by atoms with Gasteiger partial charge in [-0.3, -0.25) is 14.6 Å². The molecule has 5 rings (SSSR count). The molecule has 4 aliphatic rings. The molecular formula is C23H31N3O4. The fourth-order valence-electron chi connectivity index (χ4n) is 6.48. The zero-order valence-corrected chi connectivity index (χ0v) is 17.8. The molecule has 7 atom stereocenters. The number of nitrogens with zero attached hydrogens (tertiary/aromatic N) is 2. The van der Waals surface area contributed by atoms with E-state index in [0.29, 0.717) is 37.4 Å². The Balaban J connectivity index is 1.35. The number of fused-ring (bicyclic) bond motifs is 4. The lowest BCUT2D eigenvalue weighted by Crippen LogP contribution is -2.63. The summed E-state index contributed by atoms with van der Waals surface area (Å²) in [6.45, 7) is 7.60. The number of benzene rings is 1. The van der Waals surface area contributed by atoms with Gasteiger partial charge >= 0.3 is 6.09 Å². The van der Waals surface area contributed by atoms with Crippen LogP contribution < -0.4 is 5.32 Å².